The number of hydrogen-bond acceptors (Lipinski definition) is 3. The van der Waals surface area contributed by atoms with Crippen molar-refractivity contribution < 1.29 is 4.57 Å². The molecule has 0 unspecified atom stereocenters. The van der Waals surface area contributed by atoms with Crippen LogP contribution in [0.2, 0.25) is 0 Å². The van der Waals surface area contributed by atoms with E-state index in [1.807, 2.05) is 23.1 Å². The van der Waals surface area contributed by atoms with E-state index < -0.39 is 0 Å². The maximum Gasteiger partial charge on any atom is 0.262 e. The number of benzene rings is 2. The summed E-state index contributed by atoms with van der Waals surface area (Å²) in [5.41, 5.74) is 5.27. The van der Waals surface area contributed by atoms with Crippen LogP contribution in [0.1, 0.15) is 30.0 Å². The lowest BCUT2D eigenvalue weighted by molar-refractivity contribution is -0.665. The molecule has 0 aliphatic carbocycles. The third kappa shape index (κ3) is 4.05. The molecule has 29 heavy (non-hydrogen) atoms. The Balaban J connectivity index is 1.52. The van der Waals surface area contributed by atoms with Gasteiger partial charge in [-0.15, -0.1) is 0 Å². The number of hydrogen-bond donors (Lipinski definition) is 0. The first-order valence-corrected chi connectivity index (χ1v) is 11.8. The van der Waals surface area contributed by atoms with Gasteiger partial charge in [0.05, 0.1) is 10.7 Å². The van der Waals surface area contributed by atoms with Gasteiger partial charge in [0.1, 0.15) is 11.2 Å². The summed E-state index contributed by atoms with van der Waals surface area (Å²) >= 11 is 3.71. The van der Waals surface area contributed by atoms with Crippen LogP contribution in [0, 0.1) is 13.8 Å². The van der Waals surface area contributed by atoms with E-state index >= 15 is 0 Å². The van der Waals surface area contributed by atoms with Crippen LogP contribution in [0.15, 0.2) is 70.6 Å². The lowest BCUT2D eigenvalue weighted by atomic mass is 10.2. The zero-order valence-corrected chi connectivity index (χ0v) is 19.1. The largest absolute Gasteiger partial charge is 0.335 e. The van der Waals surface area contributed by atoms with E-state index in [1.54, 1.807) is 0 Å². The molecule has 0 fully saturated rings. The summed E-state index contributed by atoms with van der Waals surface area (Å²) < 4.78 is 3.74. The molecule has 3 aromatic rings. The van der Waals surface area contributed by atoms with E-state index in [0.29, 0.717) is 0 Å². The van der Waals surface area contributed by atoms with Gasteiger partial charge in [-0.25, -0.2) is 0 Å². The second-order valence-electron chi connectivity index (χ2n) is 7.22. The normalized spacial score (nSPS) is 15.4. The van der Waals surface area contributed by atoms with Gasteiger partial charge in [0.15, 0.2) is 0 Å². The quantitative estimate of drug-likeness (QED) is 0.329. The molecule has 4 rings (SSSR count). The third-order valence-corrected chi connectivity index (χ3v) is 7.33. The number of thioether (sulfide) groups is 1. The van der Waals surface area contributed by atoms with Crippen LogP contribution in [-0.4, -0.2) is 6.54 Å². The van der Waals surface area contributed by atoms with Crippen molar-refractivity contribution in [3.05, 3.63) is 81.9 Å². The first-order chi connectivity index (χ1) is 14.1. The third-order valence-electron chi connectivity index (χ3n) is 5.11. The van der Waals surface area contributed by atoms with Gasteiger partial charge in [-0.3, -0.25) is 0 Å². The fourth-order valence-electron chi connectivity index (χ4n) is 3.67. The van der Waals surface area contributed by atoms with Crippen molar-refractivity contribution in [2.45, 2.75) is 39.1 Å². The number of aromatic nitrogens is 1. The number of thiazole rings is 1. The molecule has 0 saturated carbocycles. The summed E-state index contributed by atoms with van der Waals surface area (Å²) in [5.74, 6) is 0. The number of nitrogens with zero attached hydrogens (tertiary/aromatic N) is 2. The van der Waals surface area contributed by atoms with Crippen LogP contribution in [0.25, 0.3) is 16.3 Å². The Labute approximate surface area is 181 Å². The minimum atomic E-state index is 0.982. The number of fused-ring (bicyclic) bond motifs is 2. The van der Waals surface area contributed by atoms with Crippen molar-refractivity contribution in [3.8, 4) is 0 Å². The summed E-state index contributed by atoms with van der Waals surface area (Å²) in [4.78, 5) is 3.74. The summed E-state index contributed by atoms with van der Waals surface area (Å²) in [6, 6.07) is 13.4. The van der Waals surface area contributed by atoms with Gasteiger partial charge in [0, 0.05) is 23.6 Å². The van der Waals surface area contributed by atoms with Crippen LogP contribution in [-0.2, 0) is 6.54 Å². The molecule has 4 heteroatoms. The Kier molecular flexibility index (Phi) is 5.93. The molecule has 2 heterocycles. The Morgan fingerprint density at radius 1 is 0.966 bits per heavy atom. The molecule has 0 radical (unpaired) electrons. The second-order valence-corrected chi connectivity index (χ2v) is 9.35. The SMILES string of the molecule is CCN1/C(=C/C=C/C=C/c2sc3cc(C)ccc3[n+]2CC)Sc2cc(C)ccc21. The van der Waals surface area contributed by atoms with Crippen LogP contribution >= 0.6 is 23.1 Å². The predicted molar refractivity (Wildman–Crippen MR) is 129 cm³/mol. The molecule has 148 valence electrons. The number of allylic oxidation sites excluding steroid dienone is 4. The smallest absolute Gasteiger partial charge is 0.262 e. The first-order valence-electron chi connectivity index (χ1n) is 10.1. The summed E-state index contributed by atoms with van der Waals surface area (Å²) in [5, 5.41) is 2.58. The Hall–Kier alpha value is -2.30. The molecular weight excluding hydrogens is 392 g/mol. The Bertz CT molecular complexity index is 1140. The lowest BCUT2D eigenvalue weighted by Crippen LogP contribution is -2.33. The fourth-order valence-corrected chi connectivity index (χ4v) is 6.14. The van der Waals surface area contributed by atoms with Gasteiger partial charge in [-0.1, -0.05) is 53.5 Å². The van der Waals surface area contributed by atoms with Crippen molar-refractivity contribution in [2.24, 2.45) is 0 Å². The highest BCUT2D eigenvalue weighted by atomic mass is 32.2. The van der Waals surface area contributed by atoms with Gasteiger partial charge < -0.3 is 4.90 Å². The van der Waals surface area contributed by atoms with Crippen molar-refractivity contribution in [3.63, 3.8) is 0 Å². The van der Waals surface area contributed by atoms with E-state index in [-0.39, 0.29) is 0 Å². The average molecular weight is 420 g/mol. The second kappa shape index (κ2) is 8.60. The van der Waals surface area contributed by atoms with E-state index in [4.69, 9.17) is 0 Å². The van der Waals surface area contributed by atoms with E-state index in [1.165, 1.54) is 42.0 Å². The molecule has 0 saturated heterocycles. The van der Waals surface area contributed by atoms with Crippen molar-refractivity contribution in [1.82, 2.24) is 0 Å². The average Bonchev–Trinajstić information content (AvgIpc) is 3.23. The van der Waals surface area contributed by atoms with E-state index in [2.05, 4.69) is 104 Å². The van der Waals surface area contributed by atoms with E-state index in [0.717, 1.165) is 13.1 Å². The maximum absolute atomic E-state index is 2.38. The zero-order valence-electron chi connectivity index (χ0n) is 17.5. The molecule has 1 aromatic heterocycles. The highest BCUT2D eigenvalue weighted by molar-refractivity contribution is 8.03. The van der Waals surface area contributed by atoms with Gasteiger partial charge in [-0.2, -0.15) is 4.57 Å². The molecule has 2 aromatic carbocycles. The highest BCUT2D eigenvalue weighted by Gasteiger charge is 2.23. The molecule has 1 aliphatic rings. The van der Waals surface area contributed by atoms with Crippen molar-refractivity contribution in [1.29, 1.82) is 0 Å². The number of rotatable bonds is 5. The first kappa shape index (κ1) is 20.0. The predicted octanol–water partition coefficient (Wildman–Crippen LogP) is 6.87. The van der Waals surface area contributed by atoms with Crippen LogP contribution in [0.4, 0.5) is 5.69 Å². The molecule has 0 spiro atoms. The van der Waals surface area contributed by atoms with E-state index in [9.17, 15) is 0 Å². The molecule has 0 bridgehead atoms. The standard InChI is InChI=1S/C25H27N2S2/c1-5-26-20-14-12-18(3)16-22(20)28-24(26)10-8-7-9-11-25-27(6-2)21-15-13-19(4)17-23(21)29-25/h7-17H,5-6H2,1-4H3/q+1. The van der Waals surface area contributed by atoms with Gasteiger partial charge in [0.25, 0.3) is 5.01 Å². The highest BCUT2D eigenvalue weighted by Crippen LogP contribution is 2.46. The molecule has 0 amide bonds. The molecular formula is C25H27N2S2+. The lowest BCUT2D eigenvalue weighted by Gasteiger charge is -2.17. The fraction of sp³-hybridized carbons (Fsp3) is 0.240. The minimum absolute atomic E-state index is 0.982. The van der Waals surface area contributed by atoms with Crippen LogP contribution in [0.3, 0.4) is 0 Å². The Morgan fingerprint density at radius 2 is 1.76 bits per heavy atom. The maximum atomic E-state index is 2.38. The summed E-state index contributed by atoms with van der Waals surface area (Å²) in [7, 11) is 0. The van der Waals surface area contributed by atoms with Gasteiger partial charge in [-0.05, 0) is 63.1 Å². The van der Waals surface area contributed by atoms with Gasteiger partial charge >= 0.3 is 0 Å². The number of anilines is 1. The van der Waals surface area contributed by atoms with Crippen LogP contribution < -0.4 is 9.47 Å². The topological polar surface area (TPSA) is 7.12 Å². The molecule has 0 atom stereocenters. The Morgan fingerprint density at radius 3 is 2.55 bits per heavy atom. The monoisotopic (exact) mass is 419 g/mol. The van der Waals surface area contributed by atoms with Gasteiger partial charge in [0.2, 0.25) is 5.52 Å². The molecule has 1 aliphatic heterocycles. The zero-order chi connectivity index (χ0) is 20.4. The molecule has 0 N–H and O–H groups in total. The van der Waals surface area contributed by atoms with Crippen molar-refractivity contribution >= 4 is 45.1 Å². The molecule has 2 nitrogen and oxygen atoms in total. The summed E-state index contributed by atoms with van der Waals surface area (Å²) in [6.45, 7) is 10.7. The number of aryl methyl sites for hydroxylation is 3. The van der Waals surface area contributed by atoms with Crippen molar-refractivity contribution in [2.75, 3.05) is 11.4 Å². The van der Waals surface area contributed by atoms with Crippen LogP contribution in [0.5, 0.6) is 0 Å². The summed E-state index contributed by atoms with van der Waals surface area (Å²) in [6.07, 6.45) is 10.9. The minimum Gasteiger partial charge on any atom is -0.335 e.